The molecule has 21 heavy (non-hydrogen) atoms. The average Bonchev–Trinajstić information content (AvgIpc) is 2.52. The number of rotatable bonds is 8. The molecule has 0 atom stereocenters. The van der Waals surface area contributed by atoms with Crippen molar-refractivity contribution in [3.8, 4) is 11.5 Å². The number of nitrogens with zero attached hydrogens (tertiary/aromatic N) is 1. The van der Waals surface area contributed by atoms with E-state index < -0.39 is 0 Å². The summed E-state index contributed by atoms with van der Waals surface area (Å²) in [5, 5.41) is 0. The van der Waals surface area contributed by atoms with E-state index in [9.17, 15) is 4.79 Å². The van der Waals surface area contributed by atoms with Crippen LogP contribution in [0.25, 0.3) is 6.08 Å². The van der Waals surface area contributed by atoms with Gasteiger partial charge in [-0.1, -0.05) is 18.2 Å². The summed E-state index contributed by atoms with van der Waals surface area (Å²) in [6.45, 7) is 8.26. The van der Waals surface area contributed by atoms with Gasteiger partial charge in [-0.2, -0.15) is 0 Å². The second-order valence-electron chi connectivity index (χ2n) is 4.27. The van der Waals surface area contributed by atoms with Crippen LogP contribution in [0.5, 0.6) is 11.5 Å². The van der Waals surface area contributed by atoms with E-state index in [0.29, 0.717) is 24.6 Å². The Morgan fingerprint density at radius 2 is 1.76 bits per heavy atom. The zero-order valence-corrected chi connectivity index (χ0v) is 12.5. The standard InChI is InChI=1S/C17H21NO3/c1-5-11-18(12-6-2)17(19)10-8-14-7-9-15(20-3)16(13-14)21-4/h5-10,13H,1-2,11-12H2,3-4H3/b10-8+. The summed E-state index contributed by atoms with van der Waals surface area (Å²) in [6, 6.07) is 5.47. The first-order valence-corrected chi connectivity index (χ1v) is 6.57. The molecule has 1 amide bonds. The third-order valence-corrected chi connectivity index (χ3v) is 2.84. The van der Waals surface area contributed by atoms with Gasteiger partial charge < -0.3 is 14.4 Å². The predicted octanol–water partition coefficient (Wildman–Crippen LogP) is 2.92. The summed E-state index contributed by atoms with van der Waals surface area (Å²) in [4.78, 5) is 13.7. The van der Waals surface area contributed by atoms with Crippen LogP contribution in [-0.2, 0) is 4.79 Å². The van der Waals surface area contributed by atoms with E-state index in [1.807, 2.05) is 12.1 Å². The largest absolute Gasteiger partial charge is 0.493 e. The summed E-state index contributed by atoms with van der Waals surface area (Å²) < 4.78 is 10.4. The molecular weight excluding hydrogens is 266 g/mol. The minimum atomic E-state index is -0.0930. The SMILES string of the molecule is C=CCN(CC=C)C(=O)/C=C/c1ccc(OC)c(OC)c1. The monoisotopic (exact) mass is 287 g/mol. The lowest BCUT2D eigenvalue weighted by Gasteiger charge is -2.16. The van der Waals surface area contributed by atoms with Crippen LogP contribution in [0.3, 0.4) is 0 Å². The Morgan fingerprint density at radius 1 is 1.14 bits per heavy atom. The van der Waals surface area contributed by atoms with E-state index in [1.165, 1.54) is 6.08 Å². The highest BCUT2D eigenvalue weighted by Gasteiger charge is 2.07. The Labute approximate surface area is 126 Å². The highest BCUT2D eigenvalue weighted by atomic mass is 16.5. The highest BCUT2D eigenvalue weighted by Crippen LogP contribution is 2.27. The van der Waals surface area contributed by atoms with E-state index in [4.69, 9.17) is 9.47 Å². The Hall–Kier alpha value is -2.49. The van der Waals surface area contributed by atoms with E-state index in [1.54, 1.807) is 43.4 Å². The number of amides is 1. The fourth-order valence-corrected chi connectivity index (χ4v) is 1.80. The molecule has 0 aliphatic carbocycles. The van der Waals surface area contributed by atoms with Crippen molar-refractivity contribution in [2.45, 2.75) is 0 Å². The molecule has 0 aliphatic rings. The third kappa shape index (κ3) is 4.84. The van der Waals surface area contributed by atoms with Gasteiger partial charge in [-0.05, 0) is 23.8 Å². The molecule has 4 heteroatoms. The van der Waals surface area contributed by atoms with Crippen LogP contribution < -0.4 is 9.47 Å². The molecule has 0 aromatic heterocycles. The average molecular weight is 287 g/mol. The van der Waals surface area contributed by atoms with Gasteiger partial charge in [0.25, 0.3) is 0 Å². The molecular formula is C17H21NO3. The first-order valence-electron chi connectivity index (χ1n) is 6.57. The smallest absolute Gasteiger partial charge is 0.247 e. The van der Waals surface area contributed by atoms with Crippen LogP contribution in [0.4, 0.5) is 0 Å². The fourth-order valence-electron chi connectivity index (χ4n) is 1.80. The first-order chi connectivity index (χ1) is 10.2. The van der Waals surface area contributed by atoms with Crippen LogP contribution in [0.2, 0.25) is 0 Å². The molecule has 0 heterocycles. The maximum Gasteiger partial charge on any atom is 0.247 e. The van der Waals surface area contributed by atoms with Crippen molar-refractivity contribution >= 4 is 12.0 Å². The van der Waals surface area contributed by atoms with Crippen molar-refractivity contribution < 1.29 is 14.3 Å². The van der Waals surface area contributed by atoms with Crippen LogP contribution in [0.1, 0.15) is 5.56 Å². The molecule has 0 N–H and O–H groups in total. The number of hydrogen-bond acceptors (Lipinski definition) is 3. The summed E-state index contributed by atoms with van der Waals surface area (Å²) in [5.74, 6) is 1.19. The molecule has 1 rings (SSSR count). The van der Waals surface area contributed by atoms with E-state index >= 15 is 0 Å². The second-order valence-corrected chi connectivity index (χ2v) is 4.27. The van der Waals surface area contributed by atoms with Crippen molar-refractivity contribution in [3.63, 3.8) is 0 Å². The maximum atomic E-state index is 12.1. The van der Waals surface area contributed by atoms with Gasteiger partial charge in [0.15, 0.2) is 11.5 Å². The van der Waals surface area contributed by atoms with Gasteiger partial charge in [-0.25, -0.2) is 0 Å². The minimum absolute atomic E-state index is 0.0930. The third-order valence-electron chi connectivity index (χ3n) is 2.84. The lowest BCUT2D eigenvalue weighted by molar-refractivity contribution is -0.124. The Kier molecular flexibility index (Phi) is 6.81. The van der Waals surface area contributed by atoms with Crippen molar-refractivity contribution in [2.24, 2.45) is 0 Å². The highest BCUT2D eigenvalue weighted by molar-refractivity contribution is 5.92. The molecule has 4 nitrogen and oxygen atoms in total. The van der Waals surface area contributed by atoms with Gasteiger partial charge in [0.2, 0.25) is 5.91 Å². The molecule has 0 unspecified atom stereocenters. The van der Waals surface area contributed by atoms with E-state index in [2.05, 4.69) is 13.2 Å². The van der Waals surface area contributed by atoms with Crippen molar-refractivity contribution in [1.29, 1.82) is 0 Å². The minimum Gasteiger partial charge on any atom is -0.493 e. The zero-order chi connectivity index (χ0) is 15.7. The number of benzene rings is 1. The first kappa shape index (κ1) is 16.6. The van der Waals surface area contributed by atoms with Gasteiger partial charge in [-0.3, -0.25) is 4.79 Å². The number of carbonyl (C=O) groups excluding carboxylic acids is 1. The van der Waals surface area contributed by atoms with Crippen molar-refractivity contribution in [2.75, 3.05) is 27.3 Å². The molecule has 0 saturated heterocycles. The molecule has 0 aliphatic heterocycles. The van der Waals surface area contributed by atoms with E-state index in [-0.39, 0.29) is 5.91 Å². The molecule has 1 aromatic rings. The molecule has 0 spiro atoms. The summed E-state index contributed by atoms with van der Waals surface area (Å²) in [7, 11) is 3.16. The topological polar surface area (TPSA) is 38.8 Å². The van der Waals surface area contributed by atoms with Crippen molar-refractivity contribution in [3.05, 3.63) is 55.1 Å². The quantitative estimate of drug-likeness (QED) is 0.545. The molecule has 0 fully saturated rings. The van der Waals surface area contributed by atoms with Gasteiger partial charge in [0.05, 0.1) is 14.2 Å². The number of carbonyl (C=O) groups is 1. The number of methoxy groups -OCH3 is 2. The maximum absolute atomic E-state index is 12.1. The Bertz CT molecular complexity index is 525. The zero-order valence-electron chi connectivity index (χ0n) is 12.5. The molecule has 0 bridgehead atoms. The van der Waals surface area contributed by atoms with Crippen LogP contribution in [-0.4, -0.2) is 38.1 Å². The Balaban J connectivity index is 2.85. The number of ether oxygens (including phenoxy) is 2. The lowest BCUT2D eigenvalue weighted by atomic mass is 10.2. The second kappa shape index (κ2) is 8.64. The van der Waals surface area contributed by atoms with Crippen molar-refractivity contribution in [1.82, 2.24) is 4.90 Å². The molecule has 0 saturated carbocycles. The molecule has 112 valence electrons. The Morgan fingerprint density at radius 3 is 2.29 bits per heavy atom. The van der Waals surface area contributed by atoms with Gasteiger partial charge in [0, 0.05) is 19.2 Å². The van der Waals surface area contributed by atoms with Crippen LogP contribution >= 0.6 is 0 Å². The predicted molar refractivity (Wildman–Crippen MR) is 85.6 cm³/mol. The fraction of sp³-hybridized carbons (Fsp3) is 0.235. The molecule has 0 radical (unpaired) electrons. The molecule has 1 aromatic carbocycles. The van der Waals surface area contributed by atoms with Gasteiger partial charge >= 0.3 is 0 Å². The summed E-state index contributed by atoms with van der Waals surface area (Å²) in [5.41, 5.74) is 0.859. The van der Waals surface area contributed by atoms with Crippen LogP contribution in [0.15, 0.2) is 49.6 Å². The summed E-state index contributed by atoms with van der Waals surface area (Å²) >= 11 is 0. The van der Waals surface area contributed by atoms with Gasteiger partial charge in [0.1, 0.15) is 0 Å². The lowest BCUT2D eigenvalue weighted by Crippen LogP contribution is -2.29. The summed E-state index contributed by atoms with van der Waals surface area (Å²) in [6.07, 6.45) is 6.63. The van der Waals surface area contributed by atoms with Crippen LogP contribution in [0, 0.1) is 0 Å². The van der Waals surface area contributed by atoms with E-state index in [0.717, 1.165) is 5.56 Å². The normalized spacial score (nSPS) is 10.2. The number of hydrogen-bond donors (Lipinski definition) is 0. The van der Waals surface area contributed by atoms with Gasteiger partial charge in [-0.15, -0.1) is 13.2 Å².